The minimum absolute atomic E-state index is 0.0160. The average Bonchev–Trinajstić information content (AvgIpc) is 2.67. The largest absolute Gasteiger partial charge is 0.413 e. The predicted octanol–water partition coefficient (Wildman–Crippen LogP) is 7.18. The number of benzene rings is 1. The molecule has 0 amide bonds. The maximum absolute atomic E-state index is 13.5. The molecule has 178 valence electrons. The van der Waals surface area contributed by atoms with Crippen molar-refractivity contribution < 1.29 is 12.8 Å². The topological polar surface area (TPSA) is 43.4 Å². The van der Waals surface area contributed by atoms with E-state index >= 15 is 0 Å². The first-order valence-electron chi connectivity index (χ1n) is 11.9. The maximum Gasteiger partial charge on any atom is 0.192 e. The number of fused-ring (bicyclic) bond motifs is 1. The zero-order chi connectivity index (χ0) is 24.2. The fourth-order valence-corrected chi connectivity index (χ4v) is 8.55. The van der Waals surface area contributed by atoms with Crippen LogP contribution in [0.15, 0.2) is 58.5 Å². The Labute approximate surface area is 197 Å². The van der Waals surface area contributed by atoms with Gasteiger partial charge in [-0.3, -0.25) is 0 Å². The van der Waals surface area contributed by atoms with E-state index in [-0.39, 0.29) is 33.6 Å². The molecule has 0 unspecified atom stereocenters. The van der Waals surface area contributed by atoms with Crippen molar-refractivity contribution in [1.82, 2.24) is 0 Å². The standard InChI is InChI=1S/C27H42O3SSi/c1-20-15-16-23-26(5,6)18-17-24(30-32(8,9)25(2,3)4)27(23,7)22(20)19-31(28,29)21-13-11-10-12-14-21/h10-16,23-24H,17-19H2,1-9H3/t23-,24-,27+/m0/s1. The number of allylic oxidation sites excluding steroid dienone is 3. The summed E-state index contributed by atoms with van der Waals surface area (Å²) in [5, 5.41) is 0.103. The first-order chi connectivity index (χ1) is 14.5. The van der Waals surface area contributed by atoms with Gasteiger partial charge in [0, 0.05) is 5.41 Å². The van der Waals surface area contributed by atoms with Crippen molar-refractivity contribution in [2.45, 2.75) is 90.4 Å². The van der Waals surface area contributed by atoms with Crippen LogP contribution in [-0.4, -0.2) is 28.6 Å². The van der Waals surface area contributed by atoms with Gasteiger partial charge in [-0.05, 0) is 66.9 Å². The van der Waals surface area contributed by atoms with Gasteiger partial charge in [-0.25, -0.2) is 8.42 Å². The summed E-state index contributed by atoms with van der Waals surface area (Å²) in [6.07, 6.45) is 6.53. The average molecular weight is 475 g/mol. The van der Waals surface area contributed by atoms with Crippen molar-refractivity contribution in [3.63, 3.8) is 0 Å². The highest BCUT2D eigenvalue weighted by Crippen LogP contribution is 2.59. The summed E-state index contributed by atoms with van der Waals surface area (Å²) in [6, 6.07) is 8.87. The zero-order valence-electron chi connectivity index (χ0n) is 21.5. The highest BCUT2D eigenvalue weighted by Gasteiger charge is 2.56. The van der Waals surface area contributed by atoms with Crippen LogP contribution in [0.3, 0.4) is 0 Å². The zero-order valence-corrected chi connectivity index (χ0v) is 23.3. The molecule has 0 saturated heterocycles. The number of hydrogen-bond donors (Lipinski definition) is 0. The summed E-state index contributed by atoms with van der Waals surface area (Å²) in [6.45, 7) is 20.4. The van der Waals surface area contributed by atoms with Crippen molar-refractivity contribution in [2.75, 3.05) is 5.75 Å². The Hall–Kier alpha value is -1.17. The van der Waals surface area contributed by atoms with Crippen LogP contribution in [0.4, 0.5) is 0 Å². The second kappa shape index (κ2) is 8.25. The molecule has 32 heavy (non-hydrogen) atoms. The van der Waals surface area contributed by atoms with Gasteiger partial charge in [0.1, 0.15) is 0 Å². The fourth-order valence-electron chi connectivity index (χ4n) is 5.46. The Morgan fingerprint density at radius 1 is 1.09 bits per heavy atom. The third kappa shape index (κ3) is 4.45. The molecule has 1 aromatic rings. The molecule has 0 bridgehead atoms. The van der Waals surface area contributed by atoms with Crippen molar-refractivity contribution in [3.8, 4) is 0 Å². The number of rotatable bonds is 5. The molecule has 3 nitrogen and oxygen atoms in total. The van der Waals surface area contributed by atoms with E-state index in [1.54, 1.807) is 24.3 Å². The molecule has 5 heteroatoms. The van der Waals surface area contributed by atoms with Crippen molar-refractivity contribution in [3.05, 3.63) is 53.6 Å². The number of hydrogen-bond acceptors (Lipinski definition) is 3. The monoisotopic (exact) mass is 474 g/mol. The van der Waals surface area contributed by atoms with Crippen LogP contribution in [0.1, 0.15) is 61.3 Å². The summed E-state index contributed by atoms with van der Waals surface area (Å²) in [7, 11) is -5.48. The molecular weight excluding hydrogens is 432 g/mol. The van der Waals surface area contributed by atoms with Gasteiger partial charge in [-0.2, -0.15) is 0 Å². The third-order valence-electron chi connectivity index (χ3n) is 8.55. The normalized spacial score (nSPS) is 28.5. The Kier molecular flexibility index (Phi) is 6.56. The first-order valence-corrected chi connectivity index (χ1v) is 16.4. The molecule has 3 rings (SSSR count). The van der Waals surface area contributed by atoms with Crippen LogP contribution in [0.2, 0.25) is 18.1 Å². The lowest BCUT2D eigenvalue weighted by atomic mass is 9.51. The fraction of sp³-hybridized carbons (Fsp3) is 0.630. The van der Waals surface area contributed by atoms with Gasteiger partial charge in [0.05, 0.1) is 16.8 Å². The minimum Gasteiger partial charge on any atom is -0.413 e. The molecule has 0 radical (unpaired) electrons. The van der Waals surface area contributed by atoms with Gasteiger partial charge in [0.25, 0.3) is 0 Å². The van der Waals surface area contributed by atoms with Gasteiger partial charge in [0.2, 0.25) is 0 Å². The van der Waals surface area contributed by atoms with Gasteiger partial charge in [0.15, 0.2) is 18.2 Å². The molecule has 0 N–H and O–H groups in total. The second-order valence-corrected chi connectivity index (χ2v) is 19.0. The first kappa shape index (κ1) is 25.4. The molecule has 1 saturated carbocycles. The van der Waals surface area contributed by atoms with E-state index in [1.165, 1.54) is 0 Å². The van der Waals surface area contributed by atoms with Crippen LogP contribution in [-0.2, 0) is 14.3 Å². The maximum atomic E-state index is 13.5. The highest BCUT2D eigenvalue weighted by atomic mass is 32.2. The minimum atomic E-state index is -3.45. The van der Waals surface area contributed by atoms with Gasteiger partial charge < -0.3 is 4.43 Å². The van der Waals surface area contributed by atoms with Crippen molar-refractivity contribution in [1.29, 1.82) is 0 Å². The lowest BCUT2D eigenvalue weighted by Gasteiger charge is -2.58. The molecule has 2 aliphatic carbocycles. The third-order valence-corrected chi connectivity index (χ3v) is 14.7. The van der Waals surface area contributed by atoms with E-state index in [9.17, 15) is 8.42 Å². The van der Waals surface area contributed by atoms with E-state index in [1.807, 2.05) is 6.07 Å². The molecule has 1 fully saturated rings. The lowest BCUT2D eigenvalue weighted by Crippen LogP contribution is -2.57. The van der Waals surface area contributed by atoms with E-state index in [0.717, 1.165) is 24.0 Å². The smallest absolute Gasteiger partial charge is 0.192 e. The molecule has 1 aromatic carbocycles. The van der Waals surface area contributed by atoms with E-state index in [4.69, 9.17) is 4.43 Å². The molecule has 2 aliphatic rings. The Morgan fingerprint density at radius 3 is 2.25 bits per heavy atom. The van der Waals surface area contributed by atoms with E-state index in [2.05, 4.69) is 73.7 Å². The van der Waals surface area contributed by atoms with Crippen LogP contribution in [0.5, 0.6) is 0 Å². The van der Waals surface area contributed by atoms with Crippen LogP contribution < -0.4 is 0 Å². The van der Waals surface area contributed by atoms with Gasteiger partial charge in [-0.15, -0.1) is 0 Å². The van der Waals surface area contributed by atoms with Crippen molar-refractivity contribution in [2.24, 2.45) is 16.7 Å². The SMILES string of the molecule is CC1=C(CS(=O)(=O)c2ccccc2)[C@@]2(C)[C@@H](O[Si](C)(C)C(C)(C)C)CCC(C)(C)[C@@H]2C=C1. The van der Waals surface area contributed by atoms with Gasteiger partial charge in [-0.1, -0.05) is 77.5 Å². The molecule has 0 aromatic heterocycles. The summed E-state index contributed by atoms with van der Waals surface area (Å²) >= 11 is 0. The summed E-state index contributed by atoms with van der Waals surface area (Å²) in [5.74, 6) is 0.288. The molecule has 3 atom stereocenters. The molecular formula is C27H42O3SSi. The van der Waals surface area contributed by atoms with Crippen LogP contribution >= 0.6 is 0 Å². The van der Waals surface area contributed by atoms with E-state index < -0.39 is 18.2 Å². The molecule has 0 heterocycles. The van der Waals surface area contributed by atoms with Crippen LogP contribution in [0, 0.1) is 16.7 Å². The Bertz CT molecular complexity index is 1010. The summed E-state index contributed by atoms with van der Waals surface area (Å²) < 4.78 is 34.1. The lowest BCUT2D eigenvalue weighted by molar-refractivity contribution is -0.0509. The summed E-state index contributed by atoms with van der Waals surface area (Å²) in [4.78, 5) is 0.395. The van der Waals surface area contributed by atoms with Crippen molar-refractivity contribution >= 4 is 18.2 Å². The summed E-state index contributed by atoms with van der Waals surface area (Å²) in [5.41, 5.74) is 1.84. The highest BCUT2D eigenvalue weighted by molar-refractivity contribution is 7.91. The number of sulfone groups is 1. The van der Waals surface area contributed by atoms with Crippen LogP contribution in [0.25, 0.3) is 0 Å². The Balaban J connectivity index is 2.10. The predicted molar refractivity (Wildman–Crippen MR) is 137 cm³/mol. The quantitative estimate of drug-likeness (QED) is 0.424. The molecule has 0 spiro atoms. The van der Waals surface area contributed by atoms with Gasteiger partial charge >= 0.3 is 0 Å². The van der Waals surface area contributed by atoms with E-state index in [0.29, 0.717) is 4.90 Å². The molecule has 0 aliphatic heterocycles. The second-order valence-electron chi connectivity index (χ2n) is 12.2. The Morgan fingerprint density at radius 2 is 1.69 bits per heavy atom.